The maximum atomic E-state index is 13.0. The van der Waals surface area contributed by atoms with Gasteiger partial charge in [-0.1, -0.05) is 6.92 Å². The van der Waals surface area contributed by atoms with Crippen LogP contribution in [0.3, 0.4) is 0 Å². The Morgan fingerprint density at radius 1 is 1.28 bits per heavy atom. The lowest BCUT2D eigenvalue weighted by Crippen LogP contribution is -2.26. The molecule has 1 unspecified atom stereocenters. The molecular weight excluding hydrogens is 449 g/mol. The Morgan fingerprint density at radius 2 is 2.06 bits per heavy atom. The van der Waals surface area contributed by atoms with Crippen LogP contribution >= 0.6 is 0 Å². The average Bonchev–Trinajstić information content (AvgIpc) is 3.36. The topological polar surface area (TPSA) is 130 Å². The molecule has 4 aromatic rings. The zero-order valence-electron chi connectivity index (χ0n) is 16.3. The van der Waals surface area contributed by atoms with Crippen LogP contribution in [0, 0.1) is 11.3 Å². The van der Waals surface area contributed by atoms with Gasteiger partial charge in [0.25, 0.3) is 5.91 Å². The molecule has 4 rings (SSSR count). The molecule has 14 heteroatoms. The minimum Gasteiger partial charge on any atom is -0.338 e. The first-order valence-electron chi connectivity index (χ1n) is 9.09. The molecule has 0 radical (unpaired) electrons. The summed E-state index contributed by atoms with van der Waals surface area (Å²) >= 11 is 0. The molecule has 4 aromatic heterocycles. The first kappa shape index (κ1) is 21.4. The van der Waals surface area contributed by atoms with Gasteiger partial charge in [-0.25, -0.2) is 19.0 Å². The van der Waals surface area contributed by atoms with E-state index in [1.807, 2.05) is 0 Å². The molecule has 0 aliphatic carbocycles. The van der Waals surface area contributed by atoms with Gasteiger partial charge in [0.05, 0.1) is 22.4 Å². The molecule has 0 fully saturated rings. The summed E-state index contributed by atoms with van der Waals surface area (Å²) in [5, 5.41) is 19.5. The van der Waals surface area contributed by atoms with Crippen molar-refractivity contribution in [2.24, 2.45) is 0 Å². The van der Waals surface area contributed by atoms with Gasteiger partial charge in [-0.15, -0.1) is 5.10 Å². The van der Waals surface area contributed by atoms with Crippen molar-refractivity contribution in [3.05, 3.63) is 41.9 Å². The quantitative estimate of drug-likeness (QED) is 0.448. The molecule has 0 saturated heterocycles. The lowest BCUT2D eigenvalue weighted by Gasteiger charge is -2.05. The highest BCUT2D eigenvalue weighted by Crippen LogP contribution is 2.31. The summed E-state index contributed by atoms with van der Waals surface area (Å²) in [7, 11) is -1.63. The monoisotopic (exact) mass is 462 g/mol. The van der Waals surface area contributed by atoms with E-state index in [1.165, 1.54) is 12.3 Å². The number of fused-ring (bicyclic) bond motifs is 2. The number of nitrogens with one attached hydrogen (secondary N) is 1. The number of aromatic nitrogens is 6. The Kier molecular flexibility index (Phi) is 5.35. The molecule has 1 atom stereocenters. The van der Waals surface area contributed by atoms with E-state index in [-0.39, 0.29) is 45.7 Å². The second-order valence-electron chi connectivity index (χ2n) is 6.37. The Bertz CT molecular complexity index is 1420. The Hall–Kier alpha value is -3.86. The zero-order valence-corrected chi connectivity index (χ0v) is 17.1. The van der Waals surface area contributed by atoms with E-state index in [0.29, 0.717) is 0 Å². The summed E-state index contributed by atoms with van der Waals surface area (Å²) < 4.78 is 53.9. The fourth-order valence-electron chi connectivity index (χ4n) is 2.96. The predicted molar refractivity (Wildman–Crippen MR) is 105 cm³/mol. The molecule has 164 valence electrons. The van der Waals surface area contributed by atoms with Gasteiger partial charge in [0, 0.05) is 18.1 Å². The summed E-state index contributed by atoms with van der Waals surface area (Å²) in [6.07, 6.45) is -2.45. The molecule has 0 spiro atoms. The van der Waals surface area contributed by atoms with Gasteiger partial charge >= 0.3 is 6.18 Å². The molecular formula is C18H13F3N8O2S. The molecule has 32 heavy (non-hydrogen) atoms. The van der Waals surface area contributed by atoms with Crippen molar-refractivity contribution in [1.82, 2.24) is 34.5 Å². The molecule has 10 nitrogen and oxygen atoms in total. The number of amides is 1. The van der Waals surface area contributed by atoms with Gasteiger partial charge in [0.15, 0.2) is 22.1 Å². The molecule has 4 heterocycles. The van der Waals surface area contributed by atoms with E-state index in [9.17, 15) is 22.2 Å². The van der Waals surface area contributed by atoms with Crippen LogP contribution in [0.1, 0.15) is 23.0 Å². The van der Waals surface area contributed by atoms with Crippen LogP contribution in [0.4, 0.5) is 13.2 Å². The summed E-state index contributed by atoms with van der Waals surface area (Å²) in [6.45, 7) is 1.42. The number of halogens is 3. The highest BCUT2D eigenvalue weighted by Gasteiger charge is 2.32. The maximum absolute atomic E-state index is 13.0. The number of pyridine rings is 1. The third-order valence-corrected chi connectivity index (χ3v) is 5.65. The van der Waals surface area contributed by atoms with Gasteiger partial charge in [0.1, 0.15) is 17.8 Å². The second kappa shape index (κ2) is 8.00. The Balaban J connectivity index is 1.94. The summed E-state index contributed by atoms with van der Waals surface area (Å²) in [4.78, 5) is 20.9. The van der Waals surface area contributed by atoms with Crippen LogP contribution in [0.15, 0.2) is 35.6 Å². The lowest BCUT2D eigenvalue weighted by atomic mass is 10.3. The summed E-state index contributed by atoms with van der Waals surface area (Å²) in [6, 6.07) is 5.19. The predicted octanol–water partition coefficient (Wildman–Crippen LogP) is 1.84. The normalized spacial score (nSPS) is 12.7. The van der Waals surface area contributed by atoms with Crippen molar-refractivity contribution in [3.63, 3.8) is 0 Å². The van der Waals surface area contributed by atoms with E-state index < -0.39 is 28.4 Å². The number of hydrogen-bond acceptors (Lipinski definition) is 7. The van der Waals surface area contributed by atoms with Crippen LogP contribution in [0.5, 0.6) is 0 Å². The zero-order chi connectivity index (χ0) is 23.0. The highest BCUT2D eigenvalue weighted by atomic mass is 32.2. The van der Waals surface area contributed by atoms with Crippen LogP contribution in [0.2, 0.25) is 0 Å². The van der Waals surface area contributed by atoms with Crippen molar-refractivity contribution in [3.8, 4) is 17.5 Å². The number of carbonyl (C=O) groups is 1. The number of carbonyl (C=O) groups excluding carboxylic acids is 1. The van der Waals surface area contributed by atoms with E-state index in [1.54, 1.807) is 13.0 Å². The van der Waals surface area contributed by atoms with Crippen LogP contribution in [-0.2, 0) is 17.0 Å². The maximum Gasteiger partial charge on any atom is 0.417 e. The Labute approximate surface area is 180 Å². The third kappa shape index (κ3) is 3.66. The number of alkyl halides is 3. The minimum atomic E-state index is -4.56. The van der Waals surface area contributed by atoms with E-state index in [2.05, 4.69) is 25.5 Å². The number of nitrogens with zero attached hydrogens (tertiary/aromatic N) is 7. The third-order valence-electron chi connectivity index (χ3n) is 4.41. The molecule has 0 saturated carbocycles. The second-order valence-corrected chi connectivity index (χ2v) is 8.03. The largest absolute Gasteiger partial charge is 0.417 e. The van der Waals surface area contributed by atoms with Gasteiger partial charge in [-0.2, -0.15) is 23.5 Å². The first-order chi connectivity index (χ1) is 15.2. The van der Waals surface area contributed by atoms with Crippen molar-refractivity contribution in [2.75, 3.05) is 12.3 Å². The lowest BCUT2D eigenvalue weighted by molar-refractivity contribution is -0.137. The van der Waals surface area contributed by atoms with Gasteiger partial charge in [-0.3, -0.25) is 9.00 Å². The SMILES string of the molecule is CCS(=O)c1nn2c(C(=O)NCC#N)ccnc2c1-c1nc2ccc(C(F)(F)F)cn2n1. The number of hydrogen-bond donors (Lipinski definition) is 1. The fourth-order valence-corrected chi connectivity index (χ4v) is 3.81. The van der Waals surface area contributed by atoms with Crippen LogP contribution in [0.25, 0.3) is 22.7 Å². The number of nitriles is 1. The molecule has 0 aliphatic heterocycles. The van der Waals surface area contributed by atoms with Crippen LogP contribution in [-0.4, -0.2) is 51.6 Å². The molecule has 0 bridgehead atoms. The van der Waals surface area contributed by atoms with Crippen molar-refractivity contribution in [2.45, 2.75) is 18.1 Å². The van der Waals surface area contributed by atoms with E-state index in [0.717, 1.165) is 27.4 Å². The fraction of sp³-hybridized carbons (Fsp3) is 0.222. The molecule has 1 N–H and O–H groups in total. The van der Waals surface area contributed by atoms with E-state index >= 15 is 0 Å². The van der Waals surface area contributed by atoms with Crippen LogP contribution < -0.4 is 5.32 Å². The summed E-state index contributed by atoms with van der Waals surface area (Å²) in [5.41, 5.74) is -0.526. The average molecular weight is 462 g/mol. The van der Waals surface area contributed by atoms with Crippen molar-refractivity contribution in [1.29, 1.82) is 5.26 Å². The van der Waals surface area contributed by atoms with Crippen molar-refractivity contribution < 1.29 is 22.2 Å². The van der Waals surface area contributed by atoms with E-state index in [4.69, 9.17) is 5.26 Å². The van der Waals surface area contributed by atoms with Crippen molar-refractivity contribution >= 4 is 28.0 Å². The number of rotatable bonds is 5. The summed E-state index contributed by atoms with van der Waals surface area (Å²) in [5.74, 6) is -0.476. The Morgan fingerprint density at radius 3 is 2.75 bits per heavy atom. The highest BCUT2D eigenvalue weighted by molar-refractivity contribution is 7.85. The minimum absolute atomic E-state index is 0.0222. The smallest absolute Gasteiger partial charge is 0.338 e. The van der Waals surface area contributed by atoms with Gasteiger partial charge in [0.2, 0.25) is 0 Å². The molecule has 1 amide bonds. The molecule has 0 aromatic carbocycles. The van der Waals surface area contributed by atoms with Gasteiger partial charge in [-0.05, 0) is 18.2 Å². The molecule has 0 aliphatic rings. The first-order valence-corrected chi connectivity index (χ1v) is 10.4. The van der Waals surface area contributed by atoms with Gasteiger partial charge < -0.3 is 5.32 Å². The standard InChI is InChI=1S/C18H13F3N8O2S/c1-2-32(31)17-13(14-25-12-4-3-10(18(19,20)21)9-28(12)26-14)15-23-7-5-11(29(15)27-17)16(30)24-8-6-22/h3-5,7,9H,2,8H2,1H3,(H,24,30).